The monoisotopic (exact) mass is 135 g/mol. The van der Waals surface area contributed by atoms with Gasteiger partial charge in [0, 0.05) is 25.6 Å². The fraction of sp³-hybridized carbons (Fsp3) is 0.143. The lowest BCUT2D eigenvalue weighted by Crippen LogP contribution is -1.93. The van der Waals surface area contributed by atoms with E-state index in [4.69, 9.17) is 0 Å². The average Bonchev–Trinajstić information content (AvgIpc) is 2.31. The Morgan fingerprint density at radius 3 is 3.10 bits per heavy atom. The lowest BCUT2D eigenvalue weighted by atomic mass is 10.6. The van der Waals surface area contributed by atoms with Crippen LogP contribution in [0.4, 0.5) is 0 Å². The summed E-state index contributed by atoms with van der Waals surface area (Å²) < 4.78 is 1.88. The normalized spacial score (nSPS) is 10.5. The first-order chi connectivity index (χ1) is 4.84. The zero-order valence-corrected chi connectivity index (χ0v) is 5.86. The fourth-order valence-electron chi connectivity index (χ4n) is 0.621. The second kappa shape index (κ2) is 2.96. The third-order valence-electron chi connectivity index (χ3n) is 1.15. The van der Waals surface area contributed by atoms with E-state index in [1.165, 1.54) is 6.20 Å². The Hall–Kier alpha value is -1.38. The minimum Gasteiger partial charge on any atom is -0.333 e. The molecule has 0 atom stereocenters. The number of aryl methyl sites for hydroxylation is 1. The lowest BCUT2D eigenvalue weighted by molar-refractivity contribution is 0.902. The Kier molecular flexibility index (Phi) is 1.99. The van der Waals surface area contributed by atoms with Crippen molar-refractivity contribution in [2.75, 3.05) is 0 Å². The highest BCUT2D eigenvalue weighted by atomic mass is 15.0. The summed E-state index contributed by atoms with van der Waals surface area (Å²) in [6, 6.07) is 0. The quantitative estimate of drug-likeness (QED) is 0.556. The standard InChI is InChI=1S/C7H9N3/c1-3-8-6-7-9-4-5-10(7)2/h3-6H,1H2,2H3/b8-6-. The van der Waals surface area contributed by atoms with Crippen molar-refractivity contribution < 1.29 is 0 Å². The van der Waals surface area contributed by atoms with Gasteiger partial charge in [-0.15, -0.1) is 0 Å². The van der Waals surface area contributed by atoms with Crippen LogP contribution in [0.1, 0.15) is 5.82 Å². The average molecular weight is 135 g/mol. The molecule has 0 spiro atoms. The van der Waals surface area contributed by atoms with Gasteiger partial charge in [0.05, 0.1) is 6.21 Å². The summed E-state index contributed by atoms with van der Waals surface area (Å²) in [4.78, 5) is 7.85. The Morgan fingerprint density at radius 1 is 1.80 bits per heavy atom. The number of imidazole rings is 1. The second-order valence-corrected chi connectivity index (χ2v) is 1.86. The minimum atomic E-state index is 0.833. The molecule has 0 saturated heterocycles. The van der Waals surface area contributed by atoms with Crippen molar-refractivity contribution in [2.45, 2.75) is 0 Å². The van der Waals surface area contributed by atoms with Crippen LogP contribution in [0.15, 0.2) is 30.2 Å². The van der Waals surface area contributed by atoms with E-state index in [1.54, 1.807) is 12.4 Å². The van der Waals surface area contributed by atoms with E-state index in [9.17, 15) is 0 Å². The van der Waals surface area contributed by atoms with Crippen LogP contribution in [-0.2, 0) is 7.05 Å². The van der Waals surface area contributed by atoms with Gasteiger partial charge < -0.3 is 4.57 Å². The van der Waals surface area contributed by atoms with Crippen LogP contribution >= 0.6 is 0 Å². The Bertz CT molecular complexity index is 247. The predicted octanol–water partition coefficient (Wildman–Crippen LogP) is 0.982. The highest BCUT2D eigenvalue weighted by Crippen LogP contribution is 1.88. The maximum Gasteiger partial charge on any atom is 0.150 e. The molecule has 0 aliphatic heterocycles. The largest absolute Gasteiger partial charge is 0.333 e. The van der Waals surface area contributed by atoms with E-state index in [0.29, 0.717) is 0 Å². The van der Waals surface area contributed by atoms with Gasteiger partial charge in [-0.05, 0) is 0 Å². The lowest BCUT2D eigenvalue weighted by Gasteiger charge is -1.89. The highest BCUT2D eigenvalue weighted by Gasteiger charge is 1.90. The third-order valence-corrected chi connectivity index (χ3v) is 1.15. The summed E-state index contributed by atoms with van der Waals surface area (Å²) >= 11 is 0. The topological polar surface area (TPSA) is 30.2 Å². The number of aromatic nitrogens is 2. The van der Waals surface area contributed by atoms with Gasteiger partial charge in [0.25, 0.3) is 0 Å². The summed E-state index contributed by atoms with van der Waals surface area (Å²) in [5.41, 5.74) is 0. The maximum atomic E-state index is 4.02. The maximum absolute atomic E-state index is 4.02. The van der Waals surface area contributed by atoms with Gasteiger partial charge in [-0.25, -0.2) is 4.98 Å². The van der Waals surface area contributed by atoms with Crippen LogP contribution < -0.4 is 0 Å². The van der Waals surface area contributed by atoms with Crippen LogP contribution in [0.2, 0.25) is 0 Å². The van der Waals surface area contributed by atoms with Crippen LogP contribution in [0.5, 0.6) is 0 Å². The van der Waals surface area contributed by atoms with Crippen molar-refractivity contribution in [3.05, 3.63) is 31.0 Å². The van der Waals surface area contributed by atoms with Gasteiger partial charge >= 0.3 is 0 Å². The van der Waals surface area contributed by atoms with Crippen molar-refractivity contribution in [3.63, 3.8) is 0 Å². The van der Waals surface area contributed by atoms with E-state index in [-0.39, 0.29) is 0 Å². The molecule has 0 aromatic carbocycles. The molecule has 10 heavy (non-hydrogen) atoms. The van der Waals surface area contributed by atoms with Crippen molar-refractivity contribution in [2.24, 2.45) is 12.0 Å². The molecule has 0 aliphatic carbocycles. The molecular weight excluding hydrogens is 126 g/mol. The molecule has 1 rings (SSSR count). The second-order valence-electron chi connectivity index (χ2n) is 1.86. The zero-order chi connectivity index (χ0) is 7.40. The molecule has 0 unspecified atom stereocenters. The van der Waals surface area contributed by atoms with Crippen LogP contribution in [0.3, 0.4) is 0 Å². The molecule has 1 aromatic heterocycles. The van der Waals surface area contributed by atoms with Gasteiger partial charge in [0.15, 0.2) is 5.82 Å². The fourth-order valence-corrected chi connectivity index (χ4v) is 0.621. The summed E-state index contributed by atoms with van der Waals surface area (Å²) in [6.07, 6.45) is 6.73. The predicted molar refractivity (Wildman–Crippen MR) is 41.0 cm³/mol. The molecule has 0 saturated carbocycles. The first kappa shape index (κ1) is 6.74. The molecular formula is C7H9N3. The van der Waals surface area contributed by atoms with Crippen molar-refractivity contribution in [1.82, 2.24) is 9.55 Å². The molecule has 1 aromatic rings. The summed E-state index contributed by atoms with van der Waals surface area (Å²) in [6.45, 7) is 3.45. The van der Waals surface area contributed by atoms with E-state index >= 15 is 0 Å². The van der Waals surface area contributed by atoms with E-state index in [1.807, 2.05) is 17.8 Å². The van der Waals surface area contributed by atoms with Gasteiger partial charge in [-0.1, -0.05) is 6.58 Å². The van der Waals surface area contributed by atoms with Crippen molar-refractivity contribution >= 4 is 6.21 Å². The Morgan fingerprint density at radius 2 is 2.60 bits per heavy atom. The van der Waals surface area contributed by atoms with Crippen molar-refractivity contribution in [1.29, 1.82) is 0 Å². The third kappa shape index (κ3) is 1.31. The molecule has 0 fully saturated rings. The molecule has 3 heteroatoms. The van der Waals surface area contributed by atoms with E-state index < -0.39 is 0 Å². The zero-order valence-electron chi connectivity index (χ0n) is 5.86. The summed E-state index contributed by atoms with van der Waals surface area (Å²) in [5.74, 6) is 0.833. The Labute approximate surface area is 59.7 Å². The van der Waals surface area contributed by atoms with Crippen LogP contribution in [0.25, 0.3) is 0 Å². The number of aliphatic imine (C=N–C) groups is 1. The molecule has 1 heterocycles. The summed E-state index contributed by atoms with van der Waals surface area (Å²) in [7, 11) is 1.91. The number of hydrogen-bond donors (Lipinski definition) is 0. The number of rotatable bonds is 2. The first-order valence-corrected chi connectivity index (χ1v) is 2.96. The first-order valence-electron chi connectivity index (χ1n) is 2.96. The summed E-state index contributed by atoms with van der Waals surface area (Å²) in [5, 5.41) is 0. The van der Waals surface area contributed by atoms with Crippen LogP contribution in [0, 0.1) is 0 Å². The molecule has 52 valence electrons. The molecule has 0 amide bonds. The Balaban J connectivity index is 2.83. The SMILES string of the molecule is C=C/N=C\c1nccn1C. The smallest absolute Gasteiger partial charge is 0.150 e. The van der Waals surface area contributed by atoms with Crippen molar-refractivity contribution in [3.8, 4) is 0 Å². The van der Waals surface area contributed by atoms with Gasteiger partial charge in [-0.3, -0.25) is 4.99 Å². The van der Waals surface area contributed by atoms with Gasteiger partial charge in [0.2, 0.25) is 0 Å². The minimum absolute atomic E-state index is 0.833. The number of hydrogen-bond acceptors (Lipinski definition) is 2. The molecule has 0 aliphatic rings. The van der Waals surface area contributed by atoms with Gasteiger partial charge in [-0.2, -0.15) is 0 Å². The highest BCUT2D eigenvalue weighted by molar-refractivity contribution is 5.75. The molecule has 0 N–H and O–H groups in total. The molecule has 0 radical (unpaired) electrons. The van der Waals surface area contributed by atoms with Gasteiger partial charge in [0.1, 0.15) is 0 Å². The number of nitrogens with zero attached hydrogens (tertiary/aromatic N) is 3. The molecule has 0 bridgehead atoms. The van der Waals surface area contributed by atoms with E-state index in [0.717, 1.165) is 5.82 Å². The van der Waals surface area contributed by atoms with Crippen LogP contribution in [-0.4, -0.2) is 15.8 Å². The van der Waals surface area contributed by atoms with E-state index in [2.05, 4.69) is 16.6 Å². The molecule has 3 nitrogen and oxygen atoms in total.